The first-order chi connectivity index (χ1) is 8.21. The van der Waals surface area contributed by atoms with E-state index < -0.39 is 11.7 Å². The molecule has 0 amide bonds. The first kappa shape index (κ1) is 14.0. The molecular weight excluding hydrogens is 216 g/mol. The number of hydrogen-bond donors (Lipinski definition) is 0. The van der Waals surface area contributed by atoms with Gasteiger partial charge in [-0.1, -0.05) is 0 Å². The second-order valence-electron chi connectivity index (χ2n) is 4.35. The van der Waals surface area contributed by atoms with Gasteiger partial charge in [-0.05, 0) is 32.6 Å². The van der Waals surface area contributed by atoms with Gasteiger partial charge in [0.15, 0.2) is 5.79 Å². The van der Waals surface area contributed by atoms with Crippen LogP contribution in [0.15, 0.2) is 0 Å². The third-order valence-corrected chi connectivity index (χ3v) is 3.36. The maximum Gasteiger partial charge on any atom is 0.168 e. The Morgan fingerprint density at radius 2 is 1.59 bits per heavy atom. The van der Waals surface area contributed by atoms with Crippen LogP contribution in [0.5, 0.6) is 0 Å². The summed E-state index contributed by atoms with van der Waals surface area (Å²) >= 11 is 0. The molecule has 0 radical (unpaired) electrons. The van der Waals surface area contributed by atoms with E-state index in [0.29, 0.717) is 13.2 Å². The predicted octanol–water partition coefficient (Wildman–Crippen LogP) is 2.61. The number of nitrogens with zero attached hydrogens (tertiary/aromatic N) is 2. The fourth-order valence-corrected chi connectivity index (χ4v) is 2.51. The van der Waals surface area contributed by atoms with Crippen LogP contribution >= 0.6 is 0 Å². The lowest BCUT2D eigenvalue weighted by atomic mass is 9.78. The number of nitriles is 2. The highest BCUT2D eigenvalue weighted by atomic mass is 16.7. The molecule has 1 rings (SSSR count). The zero-order valence-electron chi connectivity index (χ0n) is 10.6. The summed E-state index contributed by atoms with van der Waals surface area (Å²) in [6.45, 7) is 5.18. The standard InChI is InChI=1S/C13H20N2O2/c1-3-16-13(17-4-2)7-5-11(6-8-13)12(9-14)10-15/h11-12H,3-8H2,1-2H3. The van der Waals surface area contributed by atoms with Gasteiger partial charge in [0.05, 0.1) is 12.1 Å². The number of ether oxygens (including phenoxy) is 2. The van der Waals surface area contributed by atoms with Crippen LogP contribution in [0.1, 0.15) is 39.5 Å². The van der Waals surface area contributed by atoms with Crippen molar-refractivity contribution in [3.05, 3.63) is 0 Å². The van der Waals surface area contributed by atoms with Gasteiger partial charge in [-0.15, -0.1) is 0 Å². The van der Waals surface area contributed by atoms with Crippen molar-refractivity contribution in [2.45, 2.75) is 45.3 Å². The topological polar surface area (TPSA) is 66.0 Å². The summed E-state index contributed by atoms with van der Waals surface area (Å²) in [7, 11) is 0. The smallest absolute Gasteiger partial charge is 0.168 e. The average molecular weight is 236 g/mol. The van der Waals surface area contributed by atoms with E-state index in [1.165, 1.54) is 0 Å². The zero-order chi connectivity index (χ0) is 12.7. The van der Waals surface area contributed by atoms with Gasteiger partial charge < -0.3 is 9.47 Å². The van der Waals surface area contributed by atoms with E-state index >= 15 is 0 Å². The van der Waals surface area contributed by atoms with Crippen molar-refractivity contribution in [1.82, 2.24) is 0 Å². The molecule has 0 aliphatic heterocycles. The molecule has 0 heterocycles. The van der Waals surface area contributed by atoms with Crippen LogP contribution in [0.2, 0.25) is 0 Å². The molecule has 1 aliphatic rings. The third-order valence-electron chi connectivity index (χ3n) is 3.36. The normalized spacial score (nSPS) is 19.8. The summed E-state index contributed by atoms with van der Waals surface area (Å²) in [5.41, 5.74) is 0. The minimum absolute atomic E-state index is 0.166. The quantitative estimate of drug-likeness (QED) is 0.688. The average Bonchev–Trinajstić information content (AvgIpc) is 2.34. The van der Waals surface area contributed by atoms with Crippen LogP contribution in [0, 0.1) is 34.5 Å². The van der Waals surface area contributed by atoms with Gasteiger partial charge in [0.2, 0.25) is 0 Å². The van der Waals surface area contributed by atoms with Crippen molar-refractivity contribution < 1.29 is 9.47 Å². The van der Waals surface area contributed by atoms with Crippen molar-refractivity contribution in [2.75, 3.05) is 13.2 Å². The second-order valence-corrected chi connectivity index (χ2v) is 4.35. The van der Waals surface area contributed by atoms with Crippen LogP contribution in [-0.2, 0) is 9.47 Å². The van der Waals surface area contributed by atoms with E-state index in [4.69, 9.17) is 20.0 Å². The Kier molecular flexibility index (Phi) is 5.41. The monoisotopic (exact) mass is 236 g/mol. The highest BCUT2D eigenvalue weighted by molar-refractivity contribution is 5.04. The molecule has 0 unspecified atom stereocenters. The molecule has 0 bridgehead atoms. The number of hydrogen-bond acceptors (Lipinski definition) is 4. The maximum atomic E-state index is 8.88. The molecule has 4 heteroatoms. The minimum atomic E-state index is -0.490. The molecule has 94 valence electrons. The molecule has 4 nitrogen and oxygen atoms in total. The Morgan fingerprint density at radius 1 is 1.12 bits per heavy atom. The van der Waals surface area contributed by atoms with Crippen LogP contribution in [-0.4, -0.2) is 19.0 Å². The maximum absolute atomic E-state index is 8.88. The summed E-state index contributed by atoms with van der Waals surface area (Å²) in [5, 5.41) is 17.8. The van der Waals surface area contributed by atoms with Crippen molar-refractivity contribution in [3.63, 3.8) is 0 Å². The summed E-state index contributed by atoms with van der Waals surface area (Å²) in [6, 6.07) is 4.14. The Bertz CT molecular complexity index is 286. The Labute approximate surface area is 103 Å². The van der Waals surface area contributed by atoms with Gasteiger partial charge in [-0.25, -0.2) is 0 Å². The minimum Gasteiger partial charge on any atom is -0.350 e. The van der Waals surface area contributed by atoms with Gasteiger partial charge in [0.25, 0.3) is 0 Å². The fraction of sp³-hybridized carbons (Fsp3) is 0.846. The van der Waals surface area contributed by atoms with Gasteiger partial charge in [0, 0.05) is 26.1 Å². The highest BCUT2D eigenvalue weighted by Crippen LogP contribution is 2.38. The highest BCUT2D eigenvalue weighted by Gasteiger charge is 2.39. The van der Waals surface area contributed by atoms with Gasteiger partial charge in [-0.3, -0.25) is 0 Å². The summed E-state index contributed by atoms with van der Waals surface area (Å²) in [4.78, 5) is 0. The largest absolute Gasteiger partial charge is 0.350 e. The fourth-order valence-electron chi connectivity index (χ4n) is 2.51. The molecular formula is C13H20N2O2. The molecule has 1 saturated carbocycles. The Morgan fingerprint density at radius 3 is 1.94 bits per heavy atom. The van der Waals surface area contributed by atoms with E-state index in [1.807, 2.05) is 13.8 Å². The Balaban J connectivity index is 2.59. The molecule has 0 aromatic carbocycles. The van der Waals surface area contributed by atoms with Crippen molar-refractivity contribution in [2.24, 2.45) is 11.8 Å². The molecule has 0 atom stereocenters. The summed E-state index contributed by atoms with van der Waals surface area (Å²) in [6.07, 6.45) is 3.20. The van der Waals surface area contributed by atoms with E-state index in [0.717, 1.165) is 25.7 Å². The second kappa shape index (κ2) is 6.59. The van der Waals surface area contributed by atoms with Gasteiger partial charge in [-0.2, -0.15) is 10.5 Å². The lowest BCUT2D eigenvalue weighted by Gasteiger charge is -2.39. The SMILES string of the molecule is CCOC1(OCC)CCC(C(C#N)C#N)CC1. The molecule has 1 aliphatic carbocycles. The third kappa shape index (κ3) is 3.43. The zero-order valence-corrected chi connectivity index (χ0v) is 10.6. The summed E-state index contributed by atoms with van der Waals surface area (Å²) < 4.78 is 11.4. The van der Waals surface area contributed by atoms with Crippen molar-refractivity contribution >= 4 is 0 Å². The lowest BCUT2D eigenvalue weighted by molar-refractivity contribution is -0.252. The van der Waals surface area contributed by atoms with Crippen LogP contribution in [0.25, 0.3) is 0 Å². The van der Waals surface area contributed by atoms with Crippen molar-refractivity contribution in [3.8, 4) is 12.1 Å². The van der Waals surface area contributed by atoms with Gasteiger partial charge in [0.1, 0.15) is 5.92 Å². The van der Waals surface area contributed by atoms with E-state index in [9.17, 15) is 0 Å². The number of rotatable bonds is 5. The van der Waals surface area contributed by atoms with Crippen LogP contribution < -0.4 is 0 Å². The van der Waals surface area contributed by atoms with Crippen molar-refractivity contribution in [1.29, 1.82) is 10.5 Å². The molecule has 0 aromatic heterocycles. The molecule has 0 aromatic rings. The first-order valence-corrected chi connectivity index (χ1v) is 6.28. The molecule has 0 saturated heterocycles. The molecule has 0 spiro atoms. The first-order valence-electron chi connectivity index (χ1n) is 6.28. The van der Waals surface area contributed by atoms with Crippen LogP contribution in [0.3, 0.4) is 0 Å². The van der Waals surface area contributed by atoms with Crippen LogP contribution in [0.4, 0.5) is 0 Å². The van der Waals surface area contributed by atoms with E-state index in [2.05, 4.69) is 12.1 Å². The van der Waals surface area contributed by atoms with E-state index in [-0.39, 0.29) is 5.92 Å². The molecule has 17 heavy (non-hydrogen) atoms. The molecule has 0 N–H and O–H groups in total. The lowest BCUT2D eigenvalue weighted by Crippen LogP contribution is -2.41. The Hall–Kier alpha value is -1.10. The predicted molar refractivity (Wildman–Crippen MR) is 62.7 cm³/mol. The summed E-state index contributed by atoms with van der Waals surface area (Å²) in [5.74, 6) is -0.801. The van der Waals surface area contributed by atoms with Gasteiger partial charge >= 0.3 is 0 Å². The van der Waals surface area contributed by atoms with E-state index in [1.54, 1.807) is 0 Å². The molecule has 1 fully saturated rings.